The molecule has 93 valence electrons. The molecule has 1 aliphatic heterocycles. The van der Waals surface area contributed by atoms with Gasteiger partial charge in [0.05, 0.1) is 7.11 Å². The van der Waals surface area contributed by atoms with Crippen molar-refractivity contribution in [1.82, 2.24) is 4.90 Å². The van der Waals surface area contributed by atoms with Crippen LogP contribution in [0.5, 0.6) is 5.75 Å². The summed E-state index contributed by atoms with van der Waals surface area (Å²) in [5.74, 6) is 0.501. The van der Waals surface area contributed by atoms with Gasteiger partial charge in [-0.05, 0) is 50.9 Å². The standard InChI is InChI=1S/C14H19FNO/c1-17-14-7-5-6-13(15)12(14)8-11-16-9-3-2-4-10-16/h2,5-7H,3-4,8-11H2,1H3. The highest BCUT2D eigenvalue weighted by molar-refractivity contribution is 5.34. The lowest BCUT2D eigenvalue weighted by molar-refractivity contribution is 0.255. The number of likely N-dealkylation sites (tertiary alicyclic amines) is 1. The van der Waals surface area contributed by atoms with Crippen LogP contribution in [-0.4, -0.2) is 31.6 Å². The molecular weight excluding hydrogens is 217 g/mol. The summed E-state index contributed by atoms with van der Waals surface area (Å²) < 4.78 is 18.9. The van der Waals surface area contributed by atoms with Crippen molar-refractivity contribution in [2.45, 2.75) is 19.3 Å². The number of hydrogen-bond acceptors (Lipinski definition) is 2. The highest BCUT2D eigenvalue weighted by atomic mass is 19.1. The number of nitrogens with zero attached hydrogens (tertiary/aromatic N) is 1. The van der Waals surface area contributed by atoms with Crippen molar-refractivity contribution in [3.63, 3.8) is 0 Å². The van der Waals surface area contributed by atoms with Gasteiger partial charge in [0.25, 0.3) is 0 Å². The monoisotopic (exact) mass is 236 g/mol. The van der Waals surface area contributed by atoms with Crippen molar-refractivity contribution >= 4 is 0 Å². The maximum Gasteiger partial charge on any atom is 0.130 e. The molecule has 17 heavy (non-hydrogen) atoms. The minimum Gasteiger partial charge on any atom is -0.496 e. The molecule has 0 amide bonds. The van der Waals surface area contributed by atoms with Gasteiger partial charge < -0.3 is 9.64 Å². The molecule has 1 aliphatic rings. The maximum absolute atomic E-state index is 13.7. The Bertz CT molecular complexity index is 361. The highest BCUT2D eigenvalue weighted by Gasteiger charge is 2.13. The smallest absolute Gasteiger partial charge is 0.130 e. The summed E-state index contributed by atoms with van der Waals surface area (Å²) in [7, 11) is 1.59. The second-order valence-corrected chi connectivity index (χ2v) is 4.38. The lowest BCUT2D eigenvalue weighted by Crippen LogP contribution is -2.31. The number of ether oxygens (including phenoxy) is 1. The van der Waals surface area contributed by atoms with Crippen molar-refractivity contribution in [2.24, 2.45) is 0 Å². The molecule has 0 bridgehead atoms. The maximum atomic E-state index is 13.7. The van der Waals surface area contributed by atoms with Gasteiger partial charge in [-0.15, -0.1) is 0 Å². The van der Waals surface area contributed by atoms with Crippen LogP contribution in [0.4, 0.5) is 4.39 Å². The minimum absolute atomic E-state index is 0.159. The zero-order valence-corrected chi connectivity index (χ0v) is 10.3. The van der Waals surface area contributed by atoms with Crippen LogP contribution < -0.4 is 4.74 Å². The number of hydrogen-bond donors (Lipinski definition) is 0. The highest BCUT2D eigenvalue weighted by Crippen LogP contribution is 2.22. The van der Waals surface area contributed by atoms with Crippen LogP contribution in [0.2, 0.25) is 0 Å². The third-order valence-electron chi connectivity index (χ3n) is 3.27. The summed E-state index contributed by atoms with van der Waals surface area (Å²) in [6.45, 7) is 3.10. The molecule has 0 saturated carbocycles. The molecule has 1 aromatic rings. The summed E-state index contributed by atoms with van der Waals surface area (Å²) >= 11 is 0. The van der Waals surface area contributed by atoms with E-state index >= 15 is 0 Å². The van der Waals surface area contributed by atoms with Gasteiger partial charge in [-0.25, -0.2) is 4.39 Å². The molecule has 1 aromatic carbocycles. The zero-order chi connectivity index (χ0) is 12.1. The molecule has 2 rings (SSSR count). The minimum atomic E-state index is -0.159. The van der Waals surface area contributed by atoms with Crippen molar-refractivity contribution < 1.29 is 9.13 Å². The Morgan fingerprint density at radius 1 is 1.29 bits per heavy atom. The Morgan fingerprint density at radius 2 is 2.06 bits per heavy atom. The summed E-state index contributed by atoms with van der Waals surface area (Å²) in [5.41, 5.74) is 0.699. The summed E-state index contributed by atoms with van der Waals surface area (Å²) in [6, 6.07) is 5.01. The van der Waals surface area contributed by atoms with Crippen LogP contribution >= 0.6 is 0 Å². The number of benzene rings is 1. The van der Waals surface area contributed by atoms with Gasteiger partial charge in [-0.3, -0.25) is 0 Å². The fraction of sp³-hybridized carbons (Fsp3) is 0.500. The molecule has 0 aliphatic carbocycles. The van der Waals surface area contributed by atoms with E-state index in [1.807, 2.05) is 6.07 Å². The molecule has 1 fully saturated rings. The first-order valence-electron chi connectivity index (χ1n) is 6.16. The first-order chi connectivity index (χ1) is 8.31. The van der Waals surface area contributed by atoms with Gasteiger partial charge in [0.15, 0.2) is 0 Å². The van der Waals surface area contributed by atoms with Crippen molar-refractivity contribution in [3.8, 4) is 5.75 Å². The van der Waals surface area contributed by atoms with Crippen LogP contribution in [0.1, 0.15) is 18.4 Å². The number of rotatable bonds is 4. The van der Waals surface area contributed by atoms with Gasteiger partial charge in [-0.2, -0.15) is 0 Å². The molecule has 1 saturated heterocycles. The lowest BCUT2D eigenvalue weighted by atomic mass is 10.1. The van der Waals surface area contributed by atoms with E-state index in [2.05, 4.69) is 11.3 Å². The average Bonchev–Trinajstić information content (AvgIpc) is 2.38. The van der Waals surface area contributed by atoms with E-state index in [1.165, 1.54) is 6.07 Å². The molecule has 0 atom stereocenters. The molecule has 0 N–H and O–H groups in total. The van der Waals surface area contributed by atoms with E-state index in [9.17, 15) is 4.39 Å². The van der Waals surface area contributed by atoms with Crippen molar-refractivity contribution in [2.75, 3.05) is 26.7 Å². The van der Waals surface area contributed by atoms with Gasteiger partial charge in [0, 0.05) is 12.1 Å². The number of halogens is 1. The number of methoxy groups -OCH3 is 1. The average molecular weight is 236 g/mol. The van der Waals surface area contributed by atoms with Gasteiger partial charge in [0.2, 0.25) is 0 Å². The van der Waals surface area contributed by atoms with E-state index in [0.29, 0.717) is 11.3 Å². The van der Waals surface area contributed by atoms with Gasteiger partial charge in [-0.1, -0.05) is 6.07 Å². The normalized spacial score (nSPS) is 17.1. The third-order valence-corrected chi connectivity index (χ3v) is 3.27. The first kappa shape index (κ1) is 12.4. The van der Waals surface area contributed by atoms with E-state index in [1.54, 1.807) is 13.2 Å². The second kappa shape index (κ2) is 6.01. The van der Waals surface area contributed by atoms with E-state index < -0.39 is 0 Å². The van der Waals surface area contributed by atoms with Crippen molar-refractivity contribution in [3.05, 3.63) is 36.0 Å². The molecule has 1 heterocycles. The predicted molar refractivity (Wildman–Crippen MR) is 66.6 cm³/mol. The van der Waals surface area contributed by atoms with Crippen LogP contribution in [0.15, 0.2) is 18.2 Å². The predicted octanol–water partition coefficient (Wildman–Crippen LogP) is 2.68. The Labute approximate surface area is 102 Å². The molecule has 0 unspecified atom stereocenters. The SMILES string of the molecule is COc1cccc(F)c1CCN1CC[CH]CC1. The topological polar surface area (TPSA) is 12.5 Å². The van der Waals surface area contributed by atoms with Gasteiger partial charge in [0.1, 0.15) is 11.6 Å². The summed E-state index contributed by atoms with van der Waals surface area (Å²) in [6.07, 6.45) is 5.33. The fourth-order valence-electron chi connectivity index (χ4n) is 2.27. The largest absolute Gasteiger partial charge is 0.496 e. The van der Waals surface area contributed by atoms with E-state index in [0.717, 1.165) is 38.9 Å². The van der Waals surface area contributed by atoms with E-state index in [-0.39, 0.29) is 5.82 Å². The van der Waals surface area contributed by atoms with Crippen LogP contribution in [0.25, 0.3) is 0 Å². The Morgan fingerprint density at radius 3 is 2.76 bits per heavy atom. The molecule has 0 aromatic heterocycles. The van der Waals surface area contributed by atoms with Gasteiger partial charge >= 0.3 is 0 Å². The molecular formula is C14H19FNO. The molecule has 0 spiro atoms. The van der Waals surface area contributed by atoms with Crippen LogP contribution in [-0.2, 0) is 6.42 Å². The zero-order valence-electron chi connectivity index (χ0n) is 10.3. The summed E-state index contributed by atoms with van der Waals surface area (Å²) in [5, 5.41) is 0. The van der Waals surface area contributed by atoms with Crippen LogP contribution in [0, 0.1) is 12.2 Å². The fourth-order valence-corrected chi connectivity index (χ4v) is 2.27. The van der Waals surface area contributed by atoms with E-state index in [4.69, 9.17) is 4.74 Å². The third kappa shape index (κ3) is 3.19. The Kier molecular flexibility index (Phi) is 4.37. The quantitative estimate of drug-likeness (QED) is 0.797. The second-order valence-electron chi connectivity index (χ2n) is 4.38. The Balaban J connectivity index is 1.97. The number of piperidine rings is 1. The Hall–Kier alpha value is -1.09. The molecule has 2 nitrogen and oxygen atoms in total. The summed E-state index contributed by atoms with van der Waals surface area (Å²) in [4.78, 5) is 2.38. The molecule has 3 heteroatoms. The molecule has 1 radical (unpaired) electrons. The van der Waals surface area contributed by atoms with Crippen LogP contribution in [0.3, 0.4) is 0 Å². The van der Waals surface area contributed by atoms with Crippen molar-refractivity contribution in [1.29, 1.82) is 0 Å². The first-order valence-corrected chi connectivity index (χ1v) is 6.16. The lowest BCUT2D eigenvalue weighted by Gasteiger charge is -2.26.